The average Bonchev–Trinajstić information content (AvgIpc) is 2.37. The number of likely N-dealkylation sites (tertiary alicyclic amines) is 1. The Morgan fingerprint density at radius 1 is 1.44 bits per heavy atom. The Balaban J connectivity index is 1.83. The highest BCUT2D eigenvalue weighted by Crippen LogP contribution is 2.19. The molecule has 2 rings (SSSR count). The van der Waals surface area contributed by atoms with Crippen molar-refractivity contribution in [1.82, 2.24) is 10.2 Å². The van der Waals surface area contributed by atoms with Crippen molar-refractivity contribution >= 4 is 11.6 Å². The summed E-state index contributed by atoms with van der Waals surface area (Å²) in [7, 11) is 2.17. The molecule has 0 bridgehead atoms. The lowest BCUT2D eigenvalue weighted by Gasteiger charge is -2.32. The van der Waals surface area contributed by atoms with Gasteiger partial charge in [0.1, 0.15) is 5.82 Å². The summed E-state index contributed by atoms with van der Waals surface area (Å²) in [5, 5.41) is 3.62. The van der Waals surface area contributed by atoms with Crippen molar-refractivity contribution in [2.45, 2.75) is 31.8 Å². The van der Waals surface area contributed by atoms with Gasteiger partial charge in [0.15, 0.2) is 0 Å². The van der Waals surface area contributed by atoms with Crippen LogP contribution in [0.3, 0.4) is 0 Å². The van der Waals surface area contributed by atoms with Crippen molar-refractivity contribution in [3.8, 4) is 0 Å². The van der Waals surface area contributed by atoms with Gasteiger partial charge in [-0.05, 0) is 38.1 Å². The van der Waals surface area contributed by atoms with Gasteiger partial charge in [-0.25, -0.2) is 4.39 Å². The number of nitrogens with zero attached hydrogens (tertiary/aromatic N) is 1. The summed E-state index contributed by atoms with van der Waals surface area (Å²) in [6.45, 7) is 2.73. The summed E-state index contributed by atoms with van der Waals surface area (Å²) in [4.78, 5) is 2.39. The van der Waals surface area contributed by atoms with Crippen LogP contribution in [0, 0.1) is 5.82 Å². The zero-order valence-corrected chi connectivity index (χ0v) is 11.5. The summed E-state index contributed by atoms with van der Waals surface area (Å²) in [5.41, 5.74) is 0.829. The molecule has 1 fully saturated rings. The van der Waals surface area contributed by atoms with Gasteiger partial charge in [0.05, 0.1) is 5.02 Å². The molecule has 0 aromatic heterocycles. The van der Waals surface area contributed by atoms with Crippen molar-refractivity contribution in [2.24, 2.45) is 0 Å². The van der Waals surface area contributed by atoms with Gasteiger partial charge in [-0.3, -0.25) is 0 Å². The minimum atomic E-state index is -0.342. The minimum absolute atomic E-state index is 0.238. The first-order valence-electron chi connectivity index (χ1n) is 6.52. The van der Waals surface area contributed by atoms with Crippen LogP contribution in [-0.4, -0.2) is 31.1 Å². The second kappa shape index (κ2) is 6.50. The number of hydrogen-bond donors (Lipinski definition) is 1. The standard InChI is InChI=1S/C14H20ClFN2/c1-18-8-3-2-6-12(18)10-17-9-11-5-4-7-13(16)14(11)15/h4-5,7,12,17H,2-3,6,8-10H2,1H3. The van der Waals surface area contributed by atoms with Gasteiger partial charge in [-0.1, -0.05) is 30.2 Å². The normalized spacial score (nSPS) is 21.2. The number of rotatable bonds is 4. The van der Waals surface area contributed by atoms with Gasteiger partial charge in [0.25, 0.3) is 0 Å². The fourth-order valence-corrected chi connectivity index (χ4v) is 2.65. The van der Waals surface area contributed by atoms with Crippen LogP contribution in [-0.2, 0) is 6.54 Å². The number of piperidine rings is 1. The van der Waals surface area contributed by atoms with Gasteiger partial charge in [0, 0.05) is 19.1 Å². The summed E-state index contributed by atoms with van der Waals surface area (Å²) < 4.78 is 13.3. The number of nitrogens with one attached hydrogen (secondary N) is 1. The average molecular weight is 271 g/mol. The molecule has 1 aromatic carbocycles. The van der Waals surface area contributed by atoms with Crippen molar-refractivity contribution in [3.63, 3.8) is 0 Å². The van der Waals surface area contributed by atoms with Gasteiger partial charge < -0.3 is 10.2 Å². The first kappa shape index (κ1) is 13.8. The molecule has 0 amide bonds. The Labute approximate surface area is 113 Å². The van der Waals surface area contributed by atoms with Crippen LogP contribution in [0.4, 0.5) is 4.39 Å². The molecule has 0 radical (unpaired) electrons. The minimum Gasteiger partial charge on any atom is -0.311 e. The molecule has 1 aliphatic rings. The van der Waals surface area contributed by atoms with Crippen LogP contribution in [0.5, 0.6) is 0 Å². The SMILES string of the molecule is CN1CCCCC1CNCc1cccc(F)c1Cl. The molecule has 0 spiro atoms. The number of hydrogen-bond acceptors (Lipinski definition) is 2. The second-order valence-corrected chi connectivity index (χ2v) is 5.35. The highest BCUT2D eigenvalue weighted by Gasteiger charge is 2.18. The molecular formula is C14H20ClFN2. The van der Waals surface area contributed by atoms with E-state index in [1.165, 1.54) is 31.9 Å². The zero-order valence-electron chi connectivity index (χ0n) is 10.8. The molecule has 1 saturated heterocycles. The Morgan fingerprint density at radius 3 is 3.06 bits per heavy atom. The molecule has 1 unspecified atom stereocenters. The number of halogens is 2. The third-order valence-corrected chi connectivity index (χ3v) is 4.07. The Bertz CT molecular complexity index is 397. The Hall–Kier alpha value is -0.640. The third kappa shape index (κ3) is 3.44. The van der Waals surface area contributed by atoms with Crippen LogP contribution in [0.1, 0.15) is 24.8 Å². The molecule has 2 nitrogen and oxygen atoms in total. The summed E-state index contributed by atoms with van der Waals surface area (Å²) >= 11 is 5.92. The lowest BCUT2D eigenvalue weighted by molar-refractivity contribution is 0.181. The van der Waals surface area contributed by atoms with Crippen LogP contribution >= 0.6 is 11.6 Å². The van der Waals surface area contributed by atoms with Crippen LogP contribution in [0.15, 0.2) is 18.2 Å². The molecule has 18 heavy (non-hydrogen) atoms. The first-order chi connectivity index (χ1) is 8.68. The van der Waals surface area contributed by atoms with Crippen LogP contribution in [0.25, 0.3) is 0 Å². The smallest absolute Gasteiger partial charge is 0.142 e. The number of benzene rings is 1. The topological polar surface area (TPSA) is 15.3 Å². The lowest BCUT2D eigenvalue weighted by atomic mass is 10.0. The maximum absolute atomic E-state index is 13.3. The quantitative estimate of drug-likeness (QED) is 0.905. The molecule has 1 N–H and O–H groups in total. The van der Waals surface area contributed by atoms with E-state index in [9.17, 15) is 4.39 Å². The third-order valence-electron chi connectivity index (χ3n) is 3.65. The molecule has 1 aliphatic heterocycles. The monoisotopic (exact) mass is 270 g/mol. The second-order valence-electron chi connectivity index (χ2n) is 4.97. The largest absolute Gasteiger partial charge is 0.311 e. The molecule has 1 atom stereocenters. The number of likely N-dealkylation sites (N-methyl/N-ethyl adjacent to an activating group) is 1. The van der Waals surface area contributed by atoms with E-state index in [1.807, 2.05) is 6.07 Å². The van der Waals surface area contributed by atoms with Crippen molar-refractivity contribution in [1.29, 1.82) is 0 Å². The maximum atomic E-state index is 13.3. The van der Waals surface area contributed by atoms with Crippen LogP contribution in [0.2, 0.25) is 5.02 Å². The van der Waals surface area contributed by atoms with E-state index < -0.39 is 0 Å². The van der Waals surface area contributed by atoms with E-state index in [-0.39, 0.29) is 10.8 Å². The van der Waals surface area contributed by atoms with Crippen molar-refractivity contribution < 1.29 is 4.39 Å². The van der Waals surface area contributed by atoms with Gasteiger partial charge in [-0.2, -0.15) is 0 Å². The summed E-state index contributed by atoms with van der Waals surface area (Å²) in [6.07, 6.45) is 3.83. The van der Waals surface area contributed by atoms with Gasteiger partial charge >= 0.3 is 0 Å². The Kier molecular flexibility index (Phi) is 4.98. The molecule has 1 aromatic rings. The fraction of sp³-hybridized carbons (Fsp3) is 0.571. The molecule has 4 heteroatoms. The molecular weight excluding hydrogens is 251 g/mol. The maximum Gasteiger partial charge on any atom is 0.142 e. The van der Waals surface area contributed by atoms with Gasteiger partial charge in [-0.15, -0.1) is 0 Å². The highest BCUT2D eigenvalue weighted by atomic mass is 35.5. The predicted molar refractivity (Wildman–Crippen MR) is 73.4 cm³/mol. The van der Waals surface area contributed by atoms with E-state index in [0.29, 0.717) is 12.6 Å². The van der Waals surface area contributed by atoms with E-state index >= 15 is 0 Å². The van der Waals surface area contributed by atoms with E-state index in [0.717, 1.165) is 12.1 Å². The molecule has 1 heterocycles. The Morgan fingerprint density at radius 2 is 2.28 bits per heavy atom. The summed E-state index contributed by atoms with van der Waals surface area (Å²) in [6, 6.07) is 5.54. The van der Waals surface area contributed by atoms with Crippen molar-refractivity contribution in [2.75, 3.05) is 20.1 Å². The molecule has 0 saturated carbocycles. The highest BCUT2D eigenvalue weighted by molar-refractivity contribution is 6.31. The predicted octanol–water partition coefficient (Wildman–Crippen LogP) is 3.05. The van der Waals surface area contributed by atoms with Gasteiger partial charge in [0.2, 0.25) is 0 Å². The van der Waals surface area contributed by atoms with E-state index in [1.54, 1.807) is 6.07 Å². The fourth-order valence-electron chi connectivity index (χ4n) is 2.46. The lowest BCUT2D eigenvalue weighted by Crippen LogP contribution is -2.42. The molecule has 0 aliphatic carbocycles. The van der Waals surface area contributed by atoms with E-state index in [4.69, 9.17) is 11.6 Å². The van der Waals surface area contributed by atoms with Crippen molar-refractivity contribution in [3.05, 3.63) is 34.6 Å². The van der Waals surface area contributed by atoms with E-state index in [2.05, 4.69) is 17.3 Å². The first-order valence-corrected chi connectivity index (χ1v) is 6.90. The van der Waals surface area contributed by atoms with Crippen LogP contribution < -0.4 is 5.32 Å². The summed E-state index contributed by atoms with van der Waals surface area (Å²) in [5.74, 6) is -0.342. The zero-order chi connectivity index (χ0) is 13.0. The molecule has 100 valence electrons.